The Morgan fingerprint density at radius 2 is 2.17 bits per heavy atom. The van der Waals surface area contributed by atoms with Crippen LogP contribution in [0.2, 0.25) is 0 Å². The summed E-state index contributed by atoms with van der Waals surface area (Å²) in [5.41, 5.74) is 1.61. The minimum absolute atomic E-state index is 0.0855. The van der Waals surface area contributed by atoms with Crippen molar-refractivity contribution in [2.45, 2.75) is 18.9 Å². The Kier molecular flexibility index (Phi) is 4.93. The third-order valence-electron chi connectivity index (χ3n) is 4.35. The number of likely N-dealkylation sites (tertiary alicyclic amines) is 1. The van der Waals surface area contributed by atoms with Gasteiger partial charge in [-0.15, -0.1) is 11.3 Å². The lowest BCUT2D eigenvalue weighted by atomic mass is 10.0. The number of nitrogens with one attached hydrogen (secondary N) is 1. The maximum atomic E-state index is 12.8. The van der Waals surface area contributed by atoms with Crippen LogP contribution in [0.15, 0.2) is 35.8 Å². The lowest BCUT2D eigenvalue weighted by molar-refractivity contribution is 0.0659. The highest BCUT2D eigenvalue weighted by Gasteiger charge is 2.24. The minimum Gasteiger partial charge on any atom is -0.339 e. The summed E-state index contributed by atoms with van der Waals surface area (Å²) in [6.07, 6.45) is 3.83. The second kappa shape index (κ2) is 7.10. The van der Waals surface area contributed by atoms with Gasteiger partial charge >= 0.3 is 0 Å². The highest BCUT2D eigenvalue weighted by molar-refractivity contribution is 7.13. The molecule has 6 heteroatoms. The summed E-state index contributed by atoms with van der Waals surface area (Å²) >= 11 is 1.54. The van der Waals surface area contributed by atoms with Gasteiger partial charge in [0.2, 0.25) is 0 Å². The summed E-state index contributed by atoms with van der Waals surface area (Å²) in [6, 6.07) is 7.96. The topological polar surface area (TPSA) is 48.5 Å². The molecule has 0 unspecified atom stereocenters. The molecule has 23 heavy (non-hydrogen) atoms. The van der Waals surface area contributed by atoms with Crippen molar-refractivity contribution in [2.75, 3.05) is 32.5 Å². The van der Waals surface area contributed by atoms with Crippen molar-refractivity contribution in [3.8, 4) is 0 Å². The van der Waals surface area contributed by atoms with E-state index < -0.39 is 0 Å². The molecule has 2 aromatic rings. The number of hydrogen-bond acceptors (Lipinski definition) is 5. The molecule has 1 aliphatic heterocycles. The van der Waals surface area contributed by atoms with E-state index in [1.54, 1.807) is 6.20 Å². The van der Waals surface area contributed by atoms with E-state index in [1.807, 2.05) is 41.6 Å². The molecule has 2 heterocycles. The van der Waals surface area contributed by atoms with Crippen LogP contribution in [0.3, 0.4) is 0 Å². The van der Waals surface area contributed by atoms with Gasteiger partial charge in [-0.3, -0.25) is 4.79 Å². The number of hydrogen-bond donors (Lipinski definition) is 1. The number of carbonyl (C=O) groups is 1. The predicted molar refractivity (Wildman–Crippen MR) is 94.5 cm³/mol. The van der Waals surface area contributed by atoms with E-state index in [0.717, 1.165) is 36.8 Å². The van der Waals surface area contributed by atoms with Crippen LogP contribution in [-0.2, 0) is 0 Å². The SMILES string of the molecule is CN1CCC(N(C)C(=O)c2cccc(Nc3nccs3)c2)CC1. The zero-order valence-corrected chi connectivity index (χ0v) is 14.3. The van der Waals surface area contributed by atoms with Crippen molar-refractivity contribution in [1.82, 2.24) is 14.8 Å². The summed E-state index contributed by atoms with van der Waals surface area (Å²) in [5, 5.41) is 5.99. The van der Waals surface area contributed by atoms with Crippen molar-refractivity contribution < 1.29 is 4.79 Å². The van der Waals surface area contributed by atoms with Gasteiger partial charge < -0.3 is 15.1 Å². The predicted octanol–water partition coefficient (Wildman–Crippen LogP) is 3.05. The lowest BCUT2D eigenvalue weighted by Crippen LogP contribution is -2.44. The normalized spacial score (nSPS) is 16.3. The number of anilines is 2. The Morgan fingerprint density at radius 1 is 1.39 bits per heavy atom. The fraction of sp³-hybridized carbons (Fsp3) is 0.412. The van der Waals surface area contributed by atoms with Crippen LogP contribution in [0.25, 0.3) is 0 Å². The smallest absolute Gasteiger partial charge is 0.253 e. The first kappa shape index (κ1) is 16.0. The third kappa shape index (κ3) is 3.89. The second-order valence-corrected chi connectivity index (χ2v) is 6.89. The Bertz CT molecular complexity index is 650. The average molecular weight is 330 g/mol. The van der Waals surface area contributed by atoms with Crippen LogP contribution in [0.1, 0.15) is 23.2 Å². The van der Waals surface area contributed by atoms with Gasteiger partial charge in [0.15, 0.2) is 5.13 Å². The second-order valence-electron chi connectivity index (χ2n) is 5.99. The van der Waals surface area contributed by atoms with Crippen LogP contribution in [0, 0.1) is 0 Å². The molecule has 1 fully saturated rings. The van der Waals surface area contributed by atoms with Gasteiger partial charge in [-0.25, -0.2) is 4.98 Å². The molecule has 0 radical (unpaired) electrons. The molecule has 1 saturated heterocycles. The van der Waals surface area contributed by atoms with Gasteiger partial charge in [0.05, 0.1) is 0 Å². The van der Waals surface area contributed by atoms with Crippen molar-refractivity contribution in [1.29, 1.82) is 0 Å². The fourth-order valence-corrected chi connectivity index (χ4v) is 3.44. The highest BCUT2D eigenvalue weighted by atomic mass is 32.1. The molecule has 1 N–H and O–H groups in total. The van der Waals surface area contributed by atoms with E-state index in [9.17, 15) is 4.79 Å². The van der Waals surface area contributed by atoms with Crippen LogP contribution in [0.4, 0.5) is 10.8 Å². The third-order valence-corrected chi connectivity index (χ3v) is 5.04. The number of rotatable bonds is 4. The first-order valence-electron chi connectivity index (χ1n) is 7.86. The van der Waals surface area contributed by atoms with Gasteiger partial charge in [0, 0.05) is 35.9 Å². The molecule has 3 rings (SSSR count). The number of thiazole rings is 1. The van der Waals surface area contributed by atoms with Crippen molar-refractivity contribution >= 4 is 28.1 Å². The molecule has 5 nitrogen and oxygen atoms in total. The molecule has 0 saturated carbocycles. The maximum absolute atomic E-state index is 12.8. The molecule has 1 aromatic heterocycles. The molecule has 0 atom stereocenters. The number of aromatic nitrogens is 1. The van der Waals surface area contributed by atoms with E-state index in [2.05, 4.69) is 22.2 Å². The molecule has 1 amide bonds. The summed E-state index contributed by atoms with van der Waals surface area (Å²) in [5.74, 6) is 0.0855. The first-order chi connectivity index (χ1) is 11.1. The van der Waals surface area contributed by atoms with Gasteiger partial charge in [-0.2, -0.15) is 0 Å². The molecular weight excluding hydrogens is 308 g/mol. The van der Waals surface area contributed by atoms with E-state index in [4.69, 9.17) is 0 Å². The van der Waals surface area contributed by atoms with Gasteiger partial charge in [-0.05, 0) is 51.2 Å². The molecule has 0 spiro atoms. The van der Waals surface area contributed by atoms with E-state index in [1.165, 1.54) is 11.3 Å². The first-order valence-corrected chi connectivity index (χ1v) is 8.74. The summed E-state index contributed by atoms with van der Waals surface area (Å²) in [6.45, 7) is 2.10. The molecule has 1 aliphatic rings. The molecule has 0 aliphatic carbocycles. The van der Waals surface area contributed by atoms with Crippen LogP contribution >= 0.6 is 11.3 Å². The largest absolute Gasteiger partial charge is 0.339 e. The molecular formula is C17H22N4OS. The number of nitrogens with zero attached hydrogens (tertiary/aromatic N) is 3. The monoisotopic (exact) mass is 330 g/mol. The van der Waals surface area contributed by atoms with Gasteiger partial charge in [-0.1, -0.05) is 6.07 Å². The summed E-state index contributed by atoms with van der Waals surface area (Å²) in [4.78, 5) is 21.2. The Balaban J connectivity index is 1.69. The van der Waals surface area contributed by atoms with Crippen molar-refractivity contribution in [2.24, 2.45) is 0 Å². The maximum Gasteiger partial charge on any atom is 0.253 e. The van der Waals surface area contributed by atoms with E-state index >= 15 is 0 Å². The Morgan fingerprint density at radius 3 is 2.87 bits per heavy atom. The van der Waals surface area contributed by atoms with Gasteiger partial charge in [0.25, 0.3) is 5.91 Å². The lowest BCUT2D eigenvalue weighted by Gasteiger charge is -2.35. The van der Waals surface area contributed by atoms with Crippen LogP contribution in [0.5, 0.6) is 0 Å². The van der Waals surface area contributed by atoms with Crippen molar-refractivity contribution in [3.05, 3.63) is 41.4 Å². The number of amides is 1. The highest BCUT2D eigenvalue weighted by Crippen LogP contribution is 2.21. The van der Waals surface area contributed by atoms with Crippen LogP contribution in [-0.4, -0.2) is 53.9 Å². The Hall–Kier alpha value is -1.92. The number of carbonyl (C=O) groups excluding carboxylic acids is 1. The number of piperidine rings is 1. The van der Waals surface area contributed by atoms with E-state index in [0.29, 0.717) is 11.6 Å². The molecule has 0 bridgehead atoms. The Labute approximate surface area is 140 Å². The zero-order chi connectivity index (χ0) is 16.2. The van der Waals surface area contributed by atoms with Gasteiger partial charge in [0.1, 0.15) is 0 Å². The molecule has 1 aromatic carbocycles. The molecule has 122 valence electrons. The zero-order valence-electron chi connectivity index (χ0n) is 13.5. The fourth-order valence-electron chi connectivity index (χ4n) is 2.89. The standard InChI is InChI=1S/C17H22N4OS/c1-20-9-6-15(7-10-20)21(2)16(22)13-4-3-5-14(12-13)19-17-18-8-11-23-17/h3-5,8,11-12,15H,6-7,9-10H2,1-2H3,(H,18,19). The average Bonchev–Trinajstić information content (AvgIpc) is 3.07. The van der Waals surface area contributed by atoms with Crippen molar-refractivity contribution in [3.63, 3.8) is 0 Å². The summed E-state index contributed by atoms with van der Waals surface area (Å²) < 4.78 is 0. The van der Waals surface area contributed by atoms with E-state index in [-0.39, 0.29) is 5.91 Å². The quantitative estimate of drug-likeness (QED) is 0.936. The summed E-state index contributed by atoms with van der Waals surface area (Å²) in [7, 11) is 4.05. The number of benzene rings is 1. The van der Waals surface area contributed by atoms with Crippen LogP contribution < -0.4 is 5.32 Å². The minimum atomic E-state index is 0.0855.